The van der Waals surface area contributed by atoms with Gasteiger partial charge in [-0.15, -0.1) is 0 Å². The first-order valence-corrected chi connectivity index (χ1v) is 5.25. The van der Waals surface area contributed by atoms with Crippen molar-refractivity contribution in [2.24, 2.45) is 0 Å². The van der Waals surface area contributed by atoms with Crippen LogP contribution in [0, 0.1) is 0 Å². The average Bonchev–Trinajstić information content (AvgIpc) is 2.41. The van der Waals surface area contributed by atoms with E-state index in [0.717, 1.165) is 11.1 Å². The monoisotopic (exact) mass is 244 g/mol. The number of hydrogen-bond donors (Lipinski definition) is 2. The molecular formula is C13H12N2O3. The largest absolute Gasteiger partial charge is 0.504 e. The molecule has 18 heavy (non-hydrogen) atoms. The Hall–Kier alpha value is -2.56. The molecule has 92 valence electrons. The van der Waals surface area contributed by atoms with Gasteiger partial charge in [-0.05, 0) is 23.8 Å². The van der Waals surface area contributed by atoms with Gasteiger partial charge >= 0.3 is 5.97 Å². The van der Waals surface area contributed by atoms with Crippen LogP contribution >= 0.6 is 0 Å². The summed E-state index contributed by atoms with van der Waals surface area (Å²) in [7, 11) is 1.33. The van der Waals surface area contributed by atoms with E-state index >= 15 is 0 Å². The Bertz CT molecular complexity index is 579. The van der Waals surface area contributed by atoms with Crippen molar-refractivity contribution in [3.8, 4) is 16.9 Å². The predicted molar refractivity (Wildman–Crippen MR) is 67.1 cm³/mol. The Morgan fingerprint density at radius 1 is 1.28 bits per heavy atom. The zero-order valence-corrected chi connectivity index (χ0v) is 9.75. The number of methoxy groups -OCH3 is 1. The fourth-order valence-corrected chi connectivity index (χ4v) is 1.54. The molecule has 0 saturated heterocycles. The fraction of sp³-hybridized carbons (Fsp3) is 0.0769. The lowest BCUT2D eigenvalue weighted by Gasteiger charge is -2.05. The molecule has 3 N–H and O–H groups in total. The van der Waals surface area contributed by atoms with Gasteiger partial charge in [-0.2, -0.15) is 0 Å². The average molecular weight is 244 g/mol. The van der Waals surface area contributed by atoms with Crippen LogP contribution in [0.5, 0.6) is 5.75 Å². The molecule has 0 radical (unpaired) electrons. The van der Waals surface area contributed by atoms with E-state index in [1.165, 1.54) is 13.2 Å². The minimum Gasteiger partial charge on any atom is -0.504 e. The number of nitrogen functional groups attached to an aromatic ring is 1. The van der Waals surface area contributed by atoms with Crippen molar-refractivity contribution < 1.29 is 14.6 Å². The summed E-state index contributed by atoms with van der Waals surface area (Å²) in [5, 5.41) is 9.48. The van der Waals surface area contributed by atoms with Crippen molar-refractivity contribution in [3.05, 3.63) is 42.1 Å². The fourth-order valence-electron chi connectivity index (χ4n) is 1.54. The highest BCUT2D eigenvalue weighted by atomic mass is 16.5. The molecule has 0 aliphatic heterocycles. The zero-order valence-electron chi connectivity index (χ0n) is 9.75. The molecule has 0 atom stereocenters. The van der Waals surface area contributed by atoms with Gasteiger partial charge in [0.05, 0.1) is 12.7 Å². The third kappa shape index (κ3) is 2.24. The lowest BCUT2D eigenvalue weighted by atomic mass is 10.1. The molecule has 2 aromatic rings. The Balaban J connectivity index is 2.34. The molecule has 1 heterocycles. The summed E-state index contributed by atoms with van der Waals surface area (Å²) >= 11 is 0. The van der Waals surface area contributed by atoms with Gasteiger partial charge in [-0.25, -0.2) is 9.78 Å². The van der Waals surface area contributed by atoms with Crippen LogP contribution in [0.3, 0.4) is 0 Å². The SMILES string of the molecule is COC(=O)c1ccc(-c2cnc(N)c(O)c2)cc1. The number of ether oxygens (including phenoxy) is 1. The maximum atomic E-state index is 11.3. The lowest BCUT2D eigenvalue weighted by molar-refractivity contribution is 0.0601. The minimum absolute atomic E-state index is 0.0652. The van der Waals surface area contributed by atoms with Crippen molar-refractivity contribution >= 4 is 11.8 Å². The Morgan fingerprint density at radius 3 is 2.50 bits per heavy atom. The van der Waals surface area contributed by atoms with Gasteiger partial charge in [0.15, 0.2) is 11.6 Å². The van der Waals surface area contributed by atoms with Gasteiger partial charge in [-0.1, -0.05) is 12.1 Å². The van der Waals surface area contributed by atoms with Crippen LogP contribution in [0.1, 0.15) is 10.4 Å². The lowest BCUT2D eigenvalue weighted by Crippen LogP contribution is -2.00. The van der Waals surface area contributed by atoms with Gasteiger partial charge in [0.25, 0.3) is 0 Å². The zero-order chi connectivity index (χ0) is 13.1. The highest BCUT2D eigenvalue weighted by Crippen LogP contribution is 2.25. The molecule has 5 nitrogen and oxygen atoms in total. The van der Waals surface area contributed by atoms with Crippen molar-refractivity contribution in [2.75, 3.05) is 12.8 Å². The van der Waals surface area contributed by atoms with Gasteiger partial charge in [0.2, 0.25) is 0 Å². The van der Waals surface area contributed by atoms with E-state index in [-0.39, 0.29) is 17.5 Å². The maximum Gasteiger partial charge on any atom is 0.337 e. The molecule has 0 saturated carbocycles. The predicted octanol–water partition coefficient (Wildman–Crippen LogP) is 1.82. The van der Waals surface area contributed by atoms with E-state index in [1.807, 2.05) is 0 Å². The third-order valence-corrected chi connectivity index (χ3v) is 2.54. The van der Waals surface area contributed by atoms with Gasteiger partial charge in [0.1, 0.15) is 0 Å². The standard InChI is InChI=1S/C13H12N2O3/c1-18-13(17)9-4-2-8(3-5-9)10-6-11(16)12(14)15-7-10/h2-7,16H,1H3,(H2,14,15). The van der Waals surface area contributed by atoms with E-state index in [9.17, 15) is 9.90 Å². The summed E-state index contributed by atoms with van der Waals surface area (Å²) < 4.78 is 4.61. The number of aromatic nitrogens is 1. The van der Waals surface area contributed by atoms with Crippen molar-refractivity contribution in [1.82, 2.24) is 4.98 Å². The quantitative estimate of drug-likeness (QED) is 0.787. The molecule has 2 rings (SSSR count). The summed E-state index contributed by atoms with van der Waals surface area (Å²) in [6.07, 6.45) is 1.56. The van der Waals surface area contributed by atoms with Crippen LogP contribution in [0.2, 0.25) is 0 Å². The smallest absolute Gasteiger partial charge is 0.337 e. The molecule has 0 aliphatic rings. The summed E-state index contributed by atoms with van der Waals surface area (Å²) in [5.41, 5.74) is 7.44. The van der Waals surface area contributed by atoms with Crippen LogP contribution in [0.25, 0.3) is 11.1 Å². The van der Waals surface area contributed by atoms with E-state index in [2.05, 4.69) is 9.72 Å². The van der Waals surface area contributed by atoms with E-state index < -0.39 is 0 Å². The first-order chi connectivity index (χ1) is 8.61. The van der Waals surface area contributed by atoms with Crippen molar-refractivity contribution in [1.29, 1.82) is 0 Å². The number of benzene rings is 1. The number of esters is 1. The van der Waals surface area contributed by atoms with Crippen LogP contribution in [-0.2, 0) is 4.74 Å². The van der Waals surface area contributed by atoms with E-state index in [0.29, 0.717) is 5.56 Å². The number of nitrogens with two attached hydrogens (primary N) is 1. The molecule has 0 bridgehead atoms. The molecule has 1 aromatic carbocycles. The number of pyridine rings is 1. The summed E-state index contributed by atoms with van der Waals surface area (Å²) in [4.78, 5) is 15.1. The van der Waals surface area contributed by atoms with Gasteiger partial charge < -0.3 is 15.6 Å². The molecule has 0 aliphatic carbocycles. The third-order valence-electron chi connectivity index (χ3n) is 2.54. The van der Waals surface area contributed by atoms with Gasteiger partial charge in [0, 0.05) is 11.8 Å². The molecule has 0 unspecified atom stereocenters. The normalized spacial score (nSPS) is 10.1. The van der Waals surface area contributed by atoms with Crippen LogP contribution in [0.15, 0.2) is 36.5 Å². The number of carbonyl (C=O) groups is 1. The summed E-state index contributed by atoms with van der Waals surface area (Å²) in [5.74, 6) is -0.366. The Kier molecular flexibility index (Phi) is 3.14. The Morgan fingerprint density at radius 2 is 1.94 bits per heavy atom. The molecule has 0 amide bonds. The first kappa shape index (κ1) is 11.9. The molecule has 5 heteroatoms. The second-order valence-electron chi connectivity index (χ2n) is 3.70. The number of anilines is 1. The van der Waals surface area contributed by atoms with E-state index in [4.69, 9.17) is 5.73 Å². The van der Waals surface area contributed by atoms with Crippen LogP contribution in [0.4, 0.5) is 5.82 Å². The van der Waals surface area contributed by atoms with Crippen LogP contribution in [-0.4, -0.2) is 23.2 Å². The molecule has 1 aromatic heterocycles. The first-order valence-electron chi connectivity index (χ1n) is 5.25. The number of carbonyl (C=O) groups excluding carboxylic acids is 1. The molecule has 0 spiro atoms. The van der Waals surface area contributed by atoms with E-state index in [1.54, 1.807) is 30.5 Å². The molecular weight excluding hydrogens is 232 g/mol. The van der Waals surface area contributed by atoms with Crippen molar-refractivity contribution in [2.45, 2.75) is 0 Å². The van der Waals surface area contributed by atoms with Crippen molar-refractivity contribution in [3.63, 3.8) is 0 Å². The second kappa shape index (κ2) is 4.75. The number of hydrogen-bond acceptors (Lipinski definition) is 5. The number of nitrogens with zero attached hydrogens (tertiary/aromatic N) is 1. The summed E-state index contributed by atoms with van der Waals surface area (Å²) in [6.45, 7) is 0. The van der Waals surface area contributed by atoms with Crippen LogP contribution < -0.4 is 5.73 Å². The topological polar surface area (TPSA) is 85.4 Å². The molecule has 0 fully saturated rings. The number of aromatic hydroxyl groups is 1. The minimum atomic E-state index is -0.389. The summed E-state index contributed by atoms with van der Waals surface area (Å²) in [6, 6.07) is 8.32. The second-order valence-corrected chi connectivity index (χ2v) is 3.70. The van der Waals surface area contributed by atoms with Gasteiger partial charge in [-0.3, -0.25) is 0 Å². The highest BCUT2D eigenvalue weighted by molar-refractivity contribution is 5.90. The highest BCUT2D eigenvalue weighted by Gasteiger charge is 2.06. The number of rotatable bonds is 2. The Labute approximate surface area is 104 Å². The maximum absolute atomic E-state index is 11.3.